The zero-order valence-electron chi connectivity index (χ0n) is 14.8. The van der Waals surface area contributed by atoms with Gasteiger partial charge in [-0.15, -0.1) is 0 Å². The number of hydrogen-bond donors (Lipinski definition) is 0. The molecule has 0 spiro atoms. The smallest absolute Gasteiger partial charge is 0.246 e. The quantitative estimate of drug-likeness (QED) is 0.785. The standard InChI is InChI=1S/C20H24N2O3/c1-16-3-8-19(25-16)9-10-20(23)21(2)15-17-4-6-18(7-5-17)22-11-13-24-14-12-22/h3-10H,11-15H2,1-2H3. The van der Waals surface area contributed by atoms with Crippen molar-refractivity contribution >= 4 is 17.7 Å². The van der Waals surface area contributed by atoms with E-state index in [9.17, 15) is 4.79 Å². The van der Waals surface area contributed by atoms with Crippen LogP contribution in [0.4, 0.5) is 5.69 Å². The van der Waals surface area contributed by atoms with Crippen LogP contribution < -0.4 is 4.90 Å². The monoisotopic (exact) mass is 340 g/mol. The van der Waals surface area contributed by atoms with Gasteiger partial charge in [0.25, 0.3) is 0 Å². The molecule has 1 saturated heterocycles. The van der Waals surface area contributed by atoms with Gasteiger partial charge >= 0.3 is 0 Å². The van der Waals surface area contributed by atoms with Crippen LogP contribution in [0.5, 0.6) is 0 Å². The fourth-order valence-electron chi connectivity index (χ4n) is 2.81. The fraction of sp³-hybridized carbons (Fsp3) is 0.350. The maximum atomic E-state index is 12.2. The minimum absolute atomic E-state index is 0.0497. The number of nitrogens with zero attached hydrogens (tertiary/aromatic N) is 2. The number of likely N-dealkylation sites (N-methyl/N-ethyl adjacent to an activating group) is 1. The van der Waals surface area contributed by atoms with Crippen LogP contribution in [0.25, 0.3) is 6.08 Å². The van der Waals surface area contributed by atoms with E-state index in [2.05, 4.69) is 29.2 Å². The van der Waals surface area contributed by atoms with Gasteiger partial charge in [0.15, 0.2) is 0 Å². The summed E-state index contributed by atoms with van der Waals surface area (Å²) in [6.07, 6.45) is 3.24. The molecule has 0 saturated carbocycles. The van der Waals surface area contributed by atoms with Crippen molar-refractivity contribution in [3.05, 3.63) is 59.6 Å². The molecule has 3 rings (SSSR count). The van der Waals surface area contributed by atoms with Crippen LogP contribution in [0, 0.1) is 6.92 Å². The van der Waals surface area contributed by atoms with E-state index in [0.717, 1.165) is 37.6 Å². The number of anilines is 1. The van der Waals surface area contributed by atoms with Gasteiger partial charge in [0.2, 0.25) is 5.91 Å². The zero-order chi connectivity index (χ0) is 17.6. The lowest BCUT2D eigenvalue weighted by atomic mass is 10.1. The highest BCUT2D eigenvalue weighted by molar-refractivity contribution is 5.91. The van der Waals surface area contributed by atoms with Gasteiger partial charge in [-0.2, -0.15) is 0 Å². The molecule has 2 heterocycles. The molecule has 1 aromatic heterocycles. The average molecular weight is 340 g/mol. The Morgan fingerprint density at radius 1 is 1.16 bits per heavy atom. The van der Waals surface area contributed by atoms with Gasteiger partial charge in [-0.25, -0.2) is 0 Å². The third-order valence-corrected chi connectivity index (χ3v) is 4.26. The summed E-state index contributed by atoms with van der Waals surface area (Å²) in [7, 11) is 1.80. The number of rotatable bonds is 5. The Kier molecular flexibility index (Phi) is 5.56. The Labute approximate surface area is 148 Å². The molecule has 132 valence electrons. The number of hydrogen-bond acceptors (Lipinski definition) is 4. The molecule has 0 atom stereocenters. The van der Waals surface area contributed by atoms with Crippen LogP contribution in [0.1, 0.15) is 17.1 Å². The molecule has 0 N–H and O–H groups in total. The topological polar surface area (TPSA) is 45.9 Å². The summed E-state index contributed by atoms with van der Waals surface area (Å²) in [5.41, 5.74) is 2.31. The van der Waals surface area contributed by atoms with Gasteiger partial charge in [-0.1, -0.05) is 12.1 Å². The molecular formula is C20H24N2O3. The number of ether oxygens (including phenoxy) is 1. The molecule has 0 unspecified atom stereocenters. The lowest BCUT2D eigenvalue weighted by Crippen LogP contribution is -2.36. The third-order valence-electron chi connectivity index (χ3n) is 4.26. The molecular weight excluding hydrogens is 316 g/mol. The minimum atomic E-state index is -0.0497. The summed E-state index contributed by atoms with van der Waals surface area (Å²) >= 11 is 0. The molecule has 5 nitrogen and oxygen atoms in total. The van der Waals surface area contributed by atoms with Crippen LogP contribution in [0.15, 0.2) is 46.9 Å². The molecule has 0 bridgehead atoms. The van der Waals surface area contributed by atoms with Crippen LogP contribution in [-0.2, 0) is 16.1 Å². The Balaban J connectivity index is 1.55. The van der Waals surface area contributed by atoms with Gasteiger partial charge < -0.3 is 19.0 Å². The molecule has 1 aliphatic rings. The van der Waals surface area contributed by atoms with Gasteiger partial charge in [0.1, 0.15) is 11.5 Å². The van der Waals surface area contributed by atoms with Crippen LogP contribution >= 0.6 is 0 Å². The van der Waals surface area contributed by atoms with Crippen molar-refractivity contribution in [2.24, 2.45) is 0 Å². The lowest BCUT2D eigenvalue weighted by molar-refractivity contribution is -0.125. The number of amides is 1. The summed E-state index contributed by atoms with van der Waals surface area (Å²) < 4.78 is 10.8. The van der Waals surface area contributed by atoms with E-state index in [1.165, 1.54) is 5.69 Å². The van der Waals surface area contributed by atoms with Gasteiger partial charge in [0.05, 0.1) is 13.2 Å². The number of furan rings is 1. The summed E-state index contributed by atoms with van der Waals surface area (Å²) in [6.45, 7) is 5.86. The van der Waals surface area contributed by atoms with Crippen LogP contribution in [0.2, 0.25) is 0 Å². The number of benzene rings is 1. The van der Waals surface area contributed by atoms with E-state index in [4.69, 9.17) is 9.15 Å². The van der Waals surface area contributed by atoms with Gasteiger partial charge in [-0.05, 0) is 42.8 Å². The van der Waals surface area contributed by atoms with Crippen molar-refractivity contribution in [2.75, 3.05) is 38.3 Å². The predicted octanol–water partition coefficient (Wildman–Crippen LogP) is 3.10. The largest absolute Gasteiger partial charge is 0.462 e. The van der Waals surface area contributed by atoms with E-state index in [1.54, 1.807) is 24.1 Å². The zero-order valence-corrected chi connectivity index (χ0v) is 14.8. The first kappa shape index (κ1) is 17.3. The third kappa shape index (κ3) is 4.73. The number of aryl methyl sites for hydroxylation is 1. The van der Waals surface area contributed by atoms with E-state index in [0.29, 0.717) is 12.3 Å². The number of carbonyl (C=O) groups is 1. The Hall–Kier alpha value is -2.53. The first-order valence-electron chi connectivity index (χ1n) is 8.53. The predicted molar refractivity (Wildman–Crippen MR) is 98.4 cm³/mol. The highest BCUT2D eigenvalue weighted by Crippen LogP contribution is 2.17. The van der Waals surface area contributed by atoms with Gasteiger partial charge in [-0.3, -0.25) is 4.79 Å². The first-order valence-corrected chi connectivity index (χ1v) is 8.53. The summed E-state index contributed by atoms with van der Waals surface area (Å²) in [5.74, 6) is 1.47. The molecule has 2 aromatic rings. The lowest BCUT2D eigenvalue weighted by Gasteiger charge is -2.29. The summed E-state index contributed by atoms with van der Waals surface area (Å²) in [4.78, 5) is 16.2. The fourth-order valence-corrected chi connectivity index (χ4v) is 2.81. The maximum absolute atomic E-state index is 12.2. The Bertz CT molecular complexity index is 728. The van der Waals surface area contributed by atoms with Gasteiger partial charge in [0, 0.05) is 38.4 Å². The summed E-state index contributed by atoms with van der Waals surface area (Å²) in [5, 5.41) is 0. The second kappa shape index (κ2) is 8.03. The number of carbonyl (C=O) groups excluding carboxylic acids is 1. The highest BCUT2D eigenvalue weighted by atomic mass is 16.5. The van der Waals surface area contributed by atoms with Crippen molar-refractivity contribution in [3.63, 3.8) is 0 Å². The molecule has 5 heteroatoms. The van der Waals surface area contributed by atoms with Crippen molar-refractivity contribution in [1.82, 2.24) is 4.90 Å². The Morgan fingerprint density at radius 2 is 1.88 bits per heavy atom. The van der Waals surface area contributed by atoms with E-state index in [-0.39, 0.29) is 5.91 Å². The van der Waals surface area contributed by atoms with Crippen molar-refractivity contribution in [3.8, 4) is 0 Å². The maximum Gasteiger partial charge on any atom is 0.246 e. The van der Waals surface area contributed by atoms with E-state index >= 15 is 0 Å². The molecule has 1 amide bonds. The minimum Gasteiger partial charge on any atom is -0.462 e. The van der Waals surface area contributed by atoms with Crippen molar-refractivity contribution in [1.29, 1.82) is 0 Å². The van der Waals surface area contributed by atoms with Crippen molar-refractivity contribution in [2.45, 2.75) is 13.5 Å². The van der Waals surface area contributed by atoms with E-state index in [1.807, 2.05) is 19.1 Å². The molecule has 0 radical (unpaired) electrons. The average Bonchev–Trinajstić information content (AvgIpc) is 3.06. The second-order valence-corrected chi connectivity index (χ2v) is 6.24. The SMILES string of the molecule is Cc1ccc(C=CC(=O)N(C)Cc2ccc(N3CCOCC3)cc2)o1. The van der Waals surface area contributed by atoms with Crippen LogP contribution in [0.3, 0.4) is 0 Å². The van der Waals surface area contributed by atoms with Crippen LogP contribution in [-0.4, -0.2) is 44.2 Å². The first-order chi connectivity index (χ1) is 12.1. The highest BCUT2D eigenvalue weighted by Gasteiger charge is 2.11. The molecule has 1 aromatic carbocycles. The second-order valence-electron chi connectivity index (χ2n) is 6.24. The Morgan fingerprint density at radius 3 is 2.52 bits per heavy atom. The number of morpholine rings is 1. The normalized spacial score (nSPS) is 14.9. The molecule has 1 fully saturated rings. The van der Waals surface area contributed by atoms with E-state index < -0.39 is 0 Å². The van der Waals surface area contributed by atoms with Crippen molar-refractivity contribution < 1.29 is 13.9 Å². The summed E-state index contributed by atoms with van der Waals surface area (Å²) in [6, 6.07) is 12.1. The molecule has 25 heavy (non-hydrogen) atoms. The molecule has 0 aliphatic carbocycles. The molecule has 1 aliphatic heterocycles.